The van der Waals surface area contributed by atoms with Crippen LogP contribution in [0.2, 0.25) is 10.3 Å². The zero-order chi connectivity index (χ0) is 13.3. The van der Waals surface area contributed by atoms with Crippen LogP contribution in [0.3, 0.4) is 0 Å². The Labute approximate surface area is 115 Å². The summed E-state index contributed by atoms with van der Waals surface area (Å²) in [6.07, 6.45) is 2.83. The Morgan fingerprint density at radius 3 is 2.83 bits per heavy atom. The number of rotatable bonds is 3. The molecule has 0 unspecified atom stereocenters. The summed E-state index contributed by atoms with van der Waals surface area (Å²) in [5.74, 6) is 0.178. The molecule has 1 saturated heterocycles. The second-order valence-electron chi connectivity index (χ2n) is 3.94. The van der Waals surface area contributed by atoms with Crippen LogP contribution >= 0.6 is 23.2 Å². The van der Waals surface area contributed by atoms with Gasteiger partial charge in [-0.05, 0) is 18.0 Å². The molecule has 1 aliphatic heterocycles. The van der Waals surface area contributed by atoms with Crippen molar-refractivity contribution >= 4 is 33.2 Å². The lowest BCUT2D eigenvalue weighted by Crippen LogP contribution is -2.30. The predicted octanol–water partition coefficient (Wildman–Crippen LogP) is 1.20. The topological polar surface area (TPSA) is 72.4 Å². The third-order valence-electron chi connectivity index (χ3n) is 2.54. The molecule has 1 aromatic heterocycles. The van der Waals surface area contributed by atoms with Crippen LogP contribution in [0.5, 0.6) is 5.88 Å². The fourth-order valence-electron chi connectivity index (χ4n) is 1.67. The van der Waals surface area contributed by atoms with Crippen molar-refractivity contribution in [1.29, 1.82) is 0 Å². The van der Waals surface area contributed by atoms with Gasteiger partial charge in [-0.3, -0.25) is 0 Å². The molecule has 0 saturated carbocycles. The van der Waals surface area contributed by atoms with Crippen LogP contribution in [0.4, 0.5) is 0 Å². The molecule has 0 spiro atoms. The molecule has 2 rings (SSSR count). The first-order valence-corrected chi connectivity index (χ1v) is 7.76. The summed E-state index contributed by atoms with van der Waals surface area (Å²) in [6, 6.07) is 0. The van der Waals surface area contributed by atoms with Gasteiger partial charge in [0, 0.05) is 6.54 Å². The first-order valence-electron chi connectivity index (χ1n) is 5.16. The highest BCUT2D eigenvalue weighted by atomic mass is 35.5. The molecule has 0 amide bonds. The number of halogens is 2. The highest BCUT2D eigenvalue weighted by Crippen LogP contribution is 2.25. The summed E-state index contributed by atoms with van der Waals surface area (Å²) in [4.78, 5) is 7.56. The maximum absolute atomic E-state index is 11.4. The predicted molar refractivity (Wildman–Crippen MR) is 67.5 cm³/mol. The van der Waals surface area contributed by atoms with Crippen LogP contribution in [0.1, 0.15) is 6.42 Å². The molecule has 1 fully saturated rings. The minimum Gasteiger partial charge on any atom is -0.472 e. The van der Waals surface area contributed by atoms with Gasteiger partial charge in [0.05, 0.1) is 19.0 Å². The minimum atomic E-state index is -3.18. The molecule has 9 heteroatoms. The molecule has 100 valence electrons. The van der Waals surface area contributed by atoms with Gasteiger partial charge in [-0.15, -0.1) is 0 Å². The molecule has 0 radical (unpaired) electrons. The highest BCUT2D eigenvalue weighted by Gasteiger charge is 2.30. The van der Waals surface area contributed by atoms with E-state index in [9.17, 15) is 8.42 Å². The maximum atomic E-state index is 11.4. The quantitative estimate of drug-likeness (QED) is 0.784. The van der Waals surface area contributed by atoms with E-state index in [1.165, 1.54) is 16.8 Å². The molecular formula is C9H11Cl2N3O3S. The molecule has 0 aromatic carbocycles. The van der Waals surface area contributed by atoms with E-state index in [0.717, 1.165) is 0 Å². The zero-order valence-corrected chi connectivity index (χ0v) is 11.8. The average Bonchev–Trinajstić information content (AvgIpc) is 2.71. The molecule has 1 aromatic rings. The Morgan fingerprint density at radius 1 is 1.50 bits per heavy atom. The lowest BCUT2D eigenvalue weighted by Gasteiger charge is -2.15. The molecule has 2 heterocycles. The third kappa shape index (κ3) is 3.23. The van der Waals surface area contributed by atoms with Crippen LogP contribution in [0.15, 0.2) is 6.20 Å². The molecule has 18 heavy (non-hydrogen) atoms. The van der Waals surface area contributed by atoms with Crippen LogP contribution < -0.4 is 4.74 Å². The largest absolute Gasteiger partial charge is 0.472 e. The third-order valence-corrected chi connectivity index (χ3v) is 4.25. The number of aromatic nitrogens is 2. The van der Waals surface area contributed by atoms with E-state index in [0.29, 0.717) is 13.0 Å². The summed E-state index contributed by atoms with van der Waals surface area (Å²) >= 11 is 11.5. The Bertz CT molecular complexity index is 552. The van der Waals surface area contributed by atoms with Gasteiger partial charge in [0.1, 0.15) is 11.1 Å². The van der Waals surface area contributed by atoms with Gasteiger partial charge in [0.25, 0.3) is 0 Å². The summed E-state index contributed by atoms with van der Waals surface area (Å²) in [7, 11) is -3.18. The fourth-order valence-corrected chi connectivity index (χ4v) is 2.80. The van der Waals surface area contributed by atoms with Crippen molar-refractivity contribution in [3.63, 3.8) is 0 Å². The molecular weight excluding hydrogens is 301 g/mol. The van der Waals surface area contributed by atoms with E-state index in [1.54, 1.807) is 0 Å². The van der Waals surface area contributed by atoms with Gasteiger partial charge in [0.15, 0.2) is 0 Å². The molecule has 1 aliphatic rings. The summed E-state index contributed by atoms with van der Waals surface area (Å²) < 4.78 is 29.6. The smallest absolute Gasteiger partial charge is 0.237 e. The van der Waals surface area contributed by atoms with Gasteiger partial charge in [-0.2, -0.15) is 9.29 Å². The average molecular weight is 312 g/mol. The normalized spacial score (nSPS) is 21.2. The molecule has 0 bridgehead atoms. The van der Waals surface area contributed by atoms with Gasteiger partial charge in [0.2, 0.25) is 21.2 Å². The standard InChI is InChI=1S/C9H11Cl2N3O3S/c1-18(15,16)14-3-2-6(5-14)17-8-7(10)4-12-9(11)13-8/h4,6H,2-3,5H2,1H3/t6-/m1/s1. The van der Waals surface area contributed by atoms with Crippen molar-refractivity contribution in [2.24, 2.45) is 0 Å². The lowest BCUT2D eigenvalue weighted by molar-refractivity contribution is 0.207. The van der Waals surface area contributed by atoms with Crippen LogP contribution in [0.25, 0.3) is 0 Å². The van der Waals surface area contributed by atoms with Crippen molar-refractivity contribution in [2.75, 3.05) is 19.3 Å². The van der Waals surface area contributed by atoms with Crippen molar-refractivity contribution in [1.82, 2.24) is 14.3 Å². The number of sulfonamides is 1. The maximum Gasteiger partial charge on any atom is 0.237 e. The minimum absolute atomic E-state index is 0.0346. The molecule has 0 aliphatic carbocycles. The highest BCUT2D eigenvalue weighted by molar-refractivity contribution is 7.88. The van der Waals surface area contributed by atoms with Crippen molar-refractivity contribution in [3.05, 3.63) is 16.5 Å². The SMILES string of the molecule is CS(=O)(=O)N1CC[C@@H](Oc2nc(Cl)ncc2Cl)C1. The van der Waals surface area contributed by atoms with Crippen LogP contribution in [-0.2, 0) is 10.0 Å². The summed E-state index contributed by atoms with van der Waals surface area (Å²) in [5, 5.41) is 0.282. The fraction of sp³-hybridized carbons (Fsp3) is 0.556. The van der Waals surface area contributed by atoms with Crippen LogP contribution in [-0.4, -0.2) is 48.1 Å². The number of hydrogen-bond donors (Lipinski definition) is 0. The van der Waals surface area contributed by atoms with E-state index in [1.807, 2.05) is 0 Å². The lowest BCUT2D eigenvalue weighted by atomic mass is 10.3. The number of nitrogens with zero attached hydrogens (tertiary/aromatic N) is 3. The Hall–Kier alpha value is -0.630. The molecule has 0 N–H and O–H groups in total. The van der Waals surface area contributed by atoms with Crippen LogP contribution in [0, 0.1) is 0 Å². The van der Waals surface area contributed by atoms with E-state index in [-0.39, 0.29) is 28.8 Å². The van der Waals surface area contributed by atoms with Gasteiger partial charge in [-0.1, -0.05) is 11.6 Å². The number of ether oxygens (including phenoxy) is 1. The van der Waals surface area contributed by atoms with Crippen molar-refractivity contribution < 1.29 is 13.2 Å². The van der Waals surface area contributed by atoms with E-state index >= 15 is 0 Å². The van der Waals surface area contributed by atoms with E-state index in [4.69, 9.17) is 27.9 Å². The first-order chi connectivity index (χ1) is 8.36. The molecule has 6 nitrogen and oxygen atoms in total. The monoisotopic (exact) mass is 311 g/mol. The Kier molecular flexibility index (Phi) is 3.96. The van der Waals surface area contributed by atoms with Crippen molar-refractivity contribution in [3.8, 4) is 5.88 Å². The van der Waals surface area contributed by atoms with Gasteiger partial charge < -0.3 is 4.74 Å². The Morgan fingerprint density at radius 2 is 2.22 bits per heavy atom. The van der Waals surface area contributed by atoms with E-state index < -0.39 is 10.0 Å². The summed E-state index contributed by atoms with van der Waals surface area (Å²) in [6.45, 7) is 0.719. The Balaban J connectivity index is 2.06. The second kappa shape index (κ2) is 5.16. The van der Waals surface area contributed by atoms with Gasteiger partial charge >= 0.3 is 0 Å². The van der Waals surface area contributed by atoms with E-state index in [2.05, 4.69) is 9.97 Å². The molecule has 1 atom stereocenters. The second-order valence-corrected chi connectivity index (χ2v) is 6.67. The van der Waals surface area contributed by atoms with Gasteiger partial charge in [-0.25, -0.2) is 13.4 Å². The summed E-state index contributed by atoms with van der Waals surface area (Å²) in [5.41, 5.74) is 0. The first kappa shape index (κ1) is 13.8. The number of hydrogen-bond acceptors (Lipinski definition) is 5. The van der Waals surface area contributed by atoms with Crippen molar-refractivity contribution in [2.45, 2.75) is 12.5 Å². The zero-order valence-electron chi connectivity index (χ0n) is 9.51.